The number of halogens is 2. The number of aliphatic hydroxyl groups excluding tert-OH is 1. The molecule has 1 atom stereocenters. The van der Waals surface area contributed by atoms with Crippen LogP contribution in [0.3, 0.4) is 0 Å². The second kappa shape index (κ2) is 6.68. The summed E-state index contributed by atoms with van der Waals surface area (Å²) in [4.78, 5) is 2.03. The third-order valence-electron chi connectivity index (χ3n) is 3.30. The number of hydrogen-bond donors (Lipinski definition) is 1. The van der Waals surface area contributed by atoms with Gasteiger partial charge >= 0.3 is 0 Å². The minimum atomic E-state index is -1.05. The highest BCUT2D eigenvalue weighted by molar-refractivity contribution is 9.10. The van der Waals surface area contributed by atoms with Gasteiger partial charge in [-0.15, -0.1) is 0 Å². The van der Waals surface area contributed by atoms with Crippen LogP contribution in [0.1, 0.15) is 22.9 Å². The molecule has 114 valence electrons. The molecule has 1 heterocycles. The molecule has 0 saturated carbocycles. The summed E-state index contributed by atoms with van der Waals surface area (Å²) in [5.74, 6) is -0.416. The molecule has 0 fully saturated rings. The lowest BCUT2D eigenvalue weighted by Crippen LogP contribution is -2.21. The van der Waals surface area contributed by atoms with Gasteiger partial charge in [-0.3, -0.25) is 4.68 Å². The molecular weight excluding hydrogens is 337 g/mol. The van der Waals surface area contributed by atoms with Crippen molar-refractivity contribution in [2.45, 2.75) is 19.6 Å². The summed E-state index contributed by atoms with van der Waals surface area (Å²) in [7, 11) is 3.93. The van der Waals surface area contributed by atoms with Crippen molar-refractivity contribution < 1.29 is 9.50 Å². The fourth-order valence-corrected chi connectivity index (χ4v) is 2.65. The number of aryl methyl sites for hydroxylation is 1. The van der Waals surface area contributed by atoms with Crippen LogP contribution in [0.2, 0.25) is 0 Å². The van der Waals surface area contributed by atoms with Gasteiger partial charge in [0, 0.05) is 12.1 Å². The van der Waals surface area contributed by atoms with E-state index in [0.717, 1.165) is 12.1 Å². The topological polar surface area (TPSA) is 41.3 Å². The second-order valence-corrected chi connectivity index (χ2v) is 6.19. The van der Waals surface area contributed by atoms with Crippen LogP contribution >= 0.6 is 15.9 Å². The number of likely N-dealkylation sites (N-methyl/N-ethyl adjacent to an activating group) is 1. The van der Waals surface area contributed by atoms with E-state index in [1.54, 1.807) is 23.0 Å². The number of hydrogen-bond acceptors (Lipinski definition) is 3. The van der Waals surface area contributed by atoms with Crippen LogP contribution in [0.4, 0.5) is 4.39 Å². The number of nitrogens with zero attached hydrogens (tertiary/aromatic N) is 3. The fourth-order valence-electron chi connectivity index (χ4n) is 2.14. The summed E-state index contributed by atoms with van der Waals surface area (Å²) in [6, 6.07) is 4.72. The van der Waals surface area contributed by atoms with Crippen molar-refractivity contribution in [1.29, 1.82) is 0 Å². The Hall–Kier alpha value is -1.24. The van der Waals surface area contributed by atoms with E-state index in [4.69, 9.17) is 0 Å². The largest absolute Gasteiger partial charge is 0.382 e. The molecule has 2 rings (SSSR count). The monoisotopic (exact) mass is 355 g/mol. The Kier molecular flexibility index (Phi) is 5.13. The predicted octanol–water partition coefficient (Wildman–Crippen LogP) is 2.74. The van der Waals surface area contributed by atoms with Gasteiger partial charge in [0.05, 0.1) is 22.9 Å². The smallest absolute Gasteiger partial charge is 0.129 e. The maximum atomic E-state index is 14.0. The molecule has 6 heteroatoms. The van der Waals surface area contributed by atoms with E-state index in [1.807, 2.05) is 25.9 Å². The zero-order chi connectivity index (χ0) is 15.6. The molecule has 0 bridgehead atoms. The van der Waals surface area contributed by atoms with Gasteiger partial charge in [0.15, 0.2) is 0 Å². The quantitative estimate of drug-likeness (QED) is 0.896. The van der Waals surface area contributed by atoms with Crippen molar-refractivity contribution in [1.82, 2.24) is 14.7 Å². The van der Waals surface area contributed by atoms with E-state index in [2.05, 4.69) is 21.0 Å². The lowest BCUT2D eigenvalue weighted by molar-refractivity contribution is 0.200. The molecule has 1 aromatic carbocycles. The Balaban J connectivity index is 2.36. The first kappa shape index (κ1) is 16.1. The Morgan fingerprint density at radius 1 is 1.43 bits per heavy atom. The van der Waals surface area contributed by atoms with Crippen LogP contribution in [0, 0.1) is 12.7 Å². The summed E-state index contributed by atoms with van der Waals surface area (Å²) < 4.78 is 16.4. The van der Waals surface area contributed by atoms with Crippen LogP contribution in [0.5, 0.6) is 0 Å². The summed E-state index contributed by atoms with van der Waals surface area (Å²) in [6.45, 7) is 3.27. The SMILES string of the molecule is Cc1ccc(F)c(C(O)c2c(Br)cnn2CCN(C)C)c1. The predicted molar refractivity (Wildman–Crippen MR) is 83.7 cm³/mol. The number of benzene rings is 1. The lowest BCUT2D eigenvalue weighted by atomic mass is 10.0. The number of aliphatic hydroxyl groups is 1. The summed E-state index contributed by atoms with van der Waals surface area (Å²) in [6.07, 6.45) is 0.575. The van der Waals surface area contributed by atoms with Crippen molar-refractivity contribution in [3.05, 3.63) is 51.5 Å². The van der Waals surface area contributed by atoms with Crippen molar-refractivity contribution in [2.24, 2.45) is 0 Å². The molecule has 1 unspecified atom stereocenters. The van der Waals surface area contributed by atoms with Gasteiger partial charge in [-0.25, -0.2) is 4.39 Å². The van der Waals surface area contributed by atoms with Gasteiger partial charge in [-0.05, 0) is 43.0 Å². The van der Waals surface area contributed by atoms with Gasteiger partial charge in [0.2, 0.25) is 0 Å². The first-order valence-corrected chi connectivity index (χ1v) is 7.49. The fraction of sp³-hybridized carbons (Fsp3) is 0.400. The molecule has 0 aliphatic heterocycles. The summed E-state index contributed by atoms with van der Waals surface area (Å²) in [5, 5.41) is 14.8. The van der Waals surface area contributed by atoms with Crippen LogP contribution in [0.15, 0.2) is 28.9 Å². The molecule has 0 spiro atoms. The molecule has 4 nitrogen and oxygen atoms in total. The molecule has 0 radical (unpaired) electrons. The zero-order valence-electron chi connectivity index (χ0n) is 12.3. The average molecular weight is 356 g/mol. The first-order valence-electron chi connectivity index (χ1n) is 6.70. The van der Waals surface area contributed by atoms with Gasteiger partial charge in [-0.2, -0.15) is 5.10 Å². The molecule has 21 heavy (non-hydrogen) atoms. The van der Waals surface area contributed by atoms with E-state index in [1.165, 1.54) is 6.07 Å². The highest BCUT2D eigenvalue weighted by atomic mass is 79.9. The van der Waals surface area contributed by atoms with E-state index >= 15 is 0 Å². The first-order chi connectivity index (χ1) is 9.90. The third-order valence-corrected chi connectivity index (χ3v) is 3.91. The highest BCUT2D eigenvalue weighted by Gasteiger charge is 2.22. The zero-order valence-corrected chi connectivity index (χ0v) is 13.9. The van der Waals surface area contributed by atoms with Crippen LogP contribution in [-0.4, -0.2) is 40.4 Å². The molecule has 0 amide bonds. The molecular formula is C15H19BrFN3O. The Labute approximate surface area is 132 Å². The standard InChI is InChI=1S/C15H19BrFN3O/c1-10-4-5-13(17)11(8-10)15(21)14-12(16)9-18-20(14)7-6-19(2)3/h4-5,8-9,15,21H,6-7H2,1-3H3. The van der Waals surface area contributed by atoms with E-state index in [9.17, 15) is 9.50 Å². The molecule has 0 aliphatic carbocycles. The Morgan fingerprint density at radius 2 is 2.14 bits per heavy atom. The normalized spacial score (nSPS) is 12.9. The van der Waals surface area contributed by atoms with Crippen molar-refractivity contribution in [3.8, 4) is 0 Å². The molecule has 2 aromatic rings. The Morgan fingerprint density at radius 3 is 2.81 bits per heavy atom. The van der Waals surface area contributed by atoms with E-state index in [-0.39, 0.29) is 5.56 Å². The van der Waals surface area contributed by atoms with Crippen molar-refractivity contribution in [3.63, 3.8) is 0 Å². The molecule has 1 aromatic heterocycles. The molecule has 0 saturated heterocycles. The van der Waals surface area contributed by atoms with E-state index in [0.29, 0.717) is 16.7 Å². The molecule has 1 N–H and O–H groups in total. The maximum absolute atomic E-state index is 14.0. The van der Waals surface area contributed by atoms with Crippen molar-refractivity contribution >= 4 is 15.9 Å². The summed E-state index contributed by atoms with van der Waals surface area (Å²) in [5.41, 5.74) is 1.74. The Bertz CT molecular complexity index is 627. The van der Waals surface area contributed by atoms with Gasteiger partial charge in [0.1, 0.15) is 11.9 Å². The van der Waals surface area contributed by atoms with Gasteiger partial charge in [-0.1, -0.05) is 17.7 Å². The highest BCUT2D eigenvalue weighted by Crippen LogP contribution is 2.30. The van der Waals surface area contributed by atoms with Crippen LogP contribution in [-0.2, 0) is 6.54 Å². The minimum Gasteiger partial charge on any atom is -0.382 e. The van der Waals surface area contributed by atoms with Gasteiger partial charge in [0.25, 0.3) is 0 Å². The number of aromatic nitrogens is 2. The number of rotatable bonds is 5. The average Bonchev–Trinajstić information content (AvgIpc) is 2.79. The summed E-state index contributed by atoms with van der Waals surface area (Å²) >= 11 is 3.39. The lowest BCUT2D eigenvalue weighted by Gasteiger charge is -2.17. The maximum Gasteiger partial charge on any atom is 0.129 e. The molecule has 0 aliphatic rings. The minimum absolute atomic E-state index is 0.266. The third kappa shape index (κ3) is 3.70. The van der Waals surface area contributed by atoms with Crippen molar-refractivity contribution in [2.75, 3.05) is 20.6 Å². The second-order valence-electron chi connectivity index (χ2n) is 5.33. The van der Waals surface area contributed by atoms with E-state index < -0.39 is 11.9 Å². The van der Waals surface area contributed by atoms with Crippen LogP contribution in [0.25, 0.3) is 0 Å². The van der Waals surface area contributed by atoms with Gasteiger partial charge < -0.3 is 10.0 Å². The van der Waals surface area contributed by atoms with Crippen LogP contribution < -0.4 is 0 Å².